The summed E-state index contributed by atoms with van der Waals surface area (Å²) in [6, 6.07) is 10.7. The maximum atomic E-state index is 13.4. The van der Waals surface area contributed by atoms with Crippen LogP contribution in [0.15, 0.2) is 55.0 Å². The average molecular weight is 498 g/mol. The van der Waals surface area contributed by atoms with Crippen molar-refractivity contribution >= 4 is 26.8 Å². The molecule has 10 nitrogen and oxygen atoms in total. The molecule has 0 spiro atoms. The van der Waals surface area contributed by atoms with Crippen molar-refractivity contribution < 1.29 is 17.4 Å². The SMILES string of the molecule is CCc1nc(Cn2c(=O)oc3cc(S(=O)(=O)N4CCN(c5cccc(C)c5C)CC4)ccc32)no1. The van der Waals surface area contributed by atoms with Crippen molar-refractivity contribution in [3.05, 3.63) is 69.8 Å². The van der Waals surface area contributed by atoms with E-state index >= 15 is 0 Å². The van der Waals surface area contributed by atoms with Crippen LogP contribution in [0.2, 0.25) is 0 Å². The minimum atomic E-state index is -3.74. The zero-order valence-electron chi connectivity index (χ0n) is 19.9. The van der Waals surface area contributed by atoms with Crippen molar-refractivity contribution in [3.63, 3.8) is 0 Å². The molecule has 3 heterocycles. The first-order valence-electron chi connectivity index (χ1n) is 11.5. The second kappa shape index (κ2) is 8.97. The largest absolute Gasteiger partial charge is 0.420 e. The second-order valence-corrected chi connectivity index (χ2v) is 10.6. The van der Waals surface area contributed by atoms with Gasteiger partial charge in [-0.25, -0.2) is 13.2 Å². The van der Waals surface area contributed by atoms with Crippen LogP contribution in [0.25, 0.3) is 11.1 Å². The van der Waals surface area contributed by atoms with Gasteiger partial charge < -0.3 is 13.8 Å². The highest BCUT2D eigenvalue weighted by Crippen LogP contribution is 2.27. The van der Waals surface area contributed by atoms with Gasteiger partial charge in [-0.15, -0.1) is 0 Å². The number of aryl methyl sites for hydroxylation is 2. The summed E-state index contributed by atoms with van der Waals surface area (Å²) in [5.74, 6) is 0.219. The Morgan fingerprint density at radius 1 is 1.06 bits per heavy atom. The van der Waals surface area contributed by atoms with Gasteiger partial charge in [0.1, 0.15) is 0 Å². The van der Waals surface area contributed by atoms with Gasteiger partial charge in [-0.1, -0.05) is 24.2 Å². The number of sulfonamides is 1. The molecule has 2 aromatic carbocycles. The van der Waals surface area contributed by atoms with Crippen LogP contribution in [-0.4, -0.2) is 53.6 Å². The van der Waals surface area contributed by atoms with Crippen molar-refractivity contribution in [2.45, 2.75) is 38.6 Å². The first kappa shape index (κ1) is 23.3. The summed E-state index contributed by atoms with van der Waals surface area (Å²) in [5, 5.41) is 3.87. The van der Waals surface area contributed by atoms with E-state index in [1.807, 2.05) is 13.0 Å². The molecule has 1 aliphatic heterocycles. The number of aromatic nitrogens is 3. The number of nitrogens with zero attached hydrogens (tertiary/aromatic N) is 5. The summed E-state index contributed by atoms with van der Waals surface area (Å²) < 4.78 is 40.0. The molecule has 0 unspecified atom stereocenters. The number of hydrogen-bond acceptors (Lipinski definition) is 8. The number of oxazole rings is 1. The molecule has 0 bridgehead atoms. The normalized spacial score (nSPS) is 15.2. The van der Waals surface area contributed by atoms with E-state index in [4.69, 9.17) is 8.94 Å². The van der Waals surface area contributed by atoms with Crippen LogP contribution in [0.1, 0.15) is 29.8 Å². The van der Waals surface area contributed by atoms with Gasteiger partial charge >= 0.3 is 5.76 Å². The monoisotopic (exact) mass is 497 g/mol. The molecule has 0 atom stereocenters. The first-order valence-corrected chi connectivity index (χ1v) is 13.0. The standard InChI is InChI=1S/C24H27N5O5S/c1-4-23-25-22(26-34-23)15-29-20-9-8-18(14-21(20)33-24(29)30)35(31,32)28-12-10-27(11-13-28)19-7-5-6-16(2)17(19)3/h5-9,14H,4,10-13,15H2,1-3H3. The summed E-state index contributed by atoms with van der Waals surface area (Å²) in [5.41, 5.74) is 4.23. The highest BCUT2D eigenvalue weighted by atomic mass is 32.2. The van der Waals surface area contributed by atoms with Gasteiger partial charge in [0.2, 0.25) is 15.9 Å². The summed E-state index contributed by atoms with van der Waals surface area (Å²) in [4.78, 5) is 19.0. The Labute approximate surface area is 202 Å². The van der Waals surface area contributed by atoms with Crippen LogP contribution in [0.4, 0.5) is 5.69 Å². The predicted octanol–water partition coefficient (Wildman–Crippen LogP) is 2.72. The minimum Gasteiger partial charge on any atom is -0.408 e. The molecule has 0 aliphatic carbocycles. The Morgan fingerprint density at radius 3 is 2.54 bits per heavy atom. The van der Waals surface area contributed by atoms with Crippen molar-refractivity contribution in [2.24, 2.45) is 0 Å². The highest BCUT2D eigenvalue weighted by Gasteiger charge is 2.30. The lowest BCUT2D eigenvalue weighted by Gasteiger charge is -2.36. The number of rotatable bonds is 6. The maximum Gasteiger partial charge on any atom is 0.420 e. The van der Waals surface area contributed by atoms with Gasteiger partial charge in [-0.2, -0.15) is 9.29 Å². The Kier molecular flexibility index (Phi) is 5.97. The van der Waals surface area contributed by atoms with E-state index < -0.39 is 15.8 Å². The number of hydrogen-bond donors (Lipinski definition) is 0. The maximum absolute atomic E-state index is 13.4. The molecule has 0 saturated carbocycles. The third-order valence-corrected chi connectivity index (χ3v) is 8.44. The molecule has 0 N–H and O–H groups in total. The van der Waals surface area contributed by atoms with Crippen LogP contribution in [-0.2, 0) is 23.0 Å². The van der Waals surface area contributed by atoms with Gasteiger partial charge in [0.15, 0.2) is 11.4 Å². The molecule has 4 aromatic rings. The molecule has 0 amide bonds. The number of benzene rings is 2. The van der Waals surface area contributed by atoms with E-state index in [1.54, 1.807) is 6.07 Å². The van der Waals surface area contributed by atoms with Crippen LogP contribution in [0, 0.1) is 13.8 Å². The fraction of sp³-hybridized carbons (Fsp3) is 0.375. The predicted molar refractivity (Wildman–Crippen MR) is 130 cm³/mol. The number of anilines is 1. The second-order valence-electron chi connectivity index (χ2n) is 8.65. The minimum absolute atomic E-state index is 0.0712. The molecule has 1 saturated heterocycles. The molecule has 1 fully saturated rings. The third kappa shape index (κ3) is 4.25. The molecule has 0 radical (unpaired) electrons. The fourth-order valence-electron chi connectivity index (χ4n) is 4.39. The first-order chi connectivity index (χ1) is 16.8. The molecule has 35 heavy (non-hydrogen) atoms. The molecular formula is C24H27N5O5S. The quantitative estimate of drug-likeness (QED) is 0.399. The molecule has 2 aromatic heterocycles. The van der Waals surface area contributed by atoms with Crippen molar-refractivity contribution in [1.29, 1.82) is 0 Å². The van der Waals surface area contributed by atoms with Gasteiger partial charge in [0.25, 0.3) is 0 Å². The fourth-order valence-corrected chi connectivity index (χ4v) is 5.83. The lowest BCUT2D eigenvalue weighted by Crippen LogP contribution is -2.48. The molecule has 1 aliphatic rings. The zero-order chi connectivity index (χ0) is 24.7. The zero-order valence-corrected chi connectivity index (χ0v) is 20.7. The van der Waals surface area contributed by atoms with E-state index in [1.165, 1.54) is 32.1 Å². The molecular weight excluding hydrogens is 470 g/mol. The number of piperazine rings is 1. The summed E-state index contributed by atoms with van der Waals surface area (Å²) in [6.07, 6.45) is 0.591. The molecule has 11 heteroatoms. The van der Waals surface area contributed by atoms with Crippen molar-refractivity contribution in [1.82, 2.24) is 19.0 Å². The van der Waals surface area contributed by atoms with E-state index in [9.17, 15) is 13.2 Å². The number of fused-ring (bicyclic) bond motifs is 1. The Morgan fingerprint density at radius 2 is 1.83 bits per heavy atom. The smallest absolute Gasteiger partial charge is 0.408 e. The Hall–Kier alpha value is -3.44. The van der Waals surface area contributed by atoms with Crippen molar-refractivity contribution in [3.8, 4) is 0 Å². The van der Waals surface area contributed by atoms with Gasteiger partial charge in [0.05, 0.1) is 17.0 Å². The van der Waals surface area contributed by atoms with E-state index in [0.29, 0.717) is 49.8 Å². The summed E-state index contributed by atoms with van der Waals surface area (Å²) in [6.45, 7) is 8.07. The molecule has 184 valence electrons. The van der Waals surface area contributed by atoms with Crippen LogP contribution < -0.4 is 10.7 Å². The van der Waals surface area contributed by atoms with E-state index in [0.717, 1.165) is 5.69 Å². The summed E-state index contributed by atoms with van der Waals surface area (Å²) >= 11 is 0. The Balaban J connectivity index is 1.36. The topological polar surface area (TPSA) is 115 Å². The van der Waals surface area contributed by atoms with E-state index in [2.05, 4.69) is 41.0 Å². The highest BCUT2D eigenvalue weighted by molar-refractivity contribution is 7.89. The third-order valence-electron chi connectivity index (χ3n) is 6.54. The van der Waals surface area contributed by atoms with Gasteiger partial charge in [-0.3, -0.25) is 4.57 Å². The average Bonchev–Trinajstić information content (AvgIpc) is 3.44. The van der Waals surface area contributed by atoms with Crippen LogP contribution >= 0.6 is 0 Å². The molecule has 5 rings (SSSR count). The van der Waals surface area contributed by atoms with Gasteiger partial charge in [0, 0.05) is 44.4 Å². The van der Waals surface area contributed by atoms with Gasteiger partial charge in [-0.05, 0) is 43.2 Å². The Bertz CT molecular complexity index is 1540. The van der Waals surface area contributed by atoms with Crippen molar-refractivity contribution in [2.75, 3.05) is 31.1 Å². The van der Waals surface area contributed by atoms with Crippen LogP contribution in [0.5, 0.6) is 0 Å². The lowest BCUT2D eigenvalue weighted by molar-refractivity contribution is 0.375. The summed E-state index contributed by atoms with van der Waals surface area (Å²) in [7, 11) is -3.74. The van der Waals surface area contributed by atoms with Crippen LogP contribution in [0.3, 0.4) is 0 Å². The van der Waals surface area contributed by atoms with E-state index in [-0.39, 0.29) is 17.0 Å². The lowest BCUT2D eigenvalue weighted by atomic mass is 10.1.